The largest absolute Gasteiger partial charge is 0.385 e. The van der Waals surface area contributed by atoms with Crippen molar-refractivity contribution in [2.75, 3.05) is 46.5 Å². The number of hydrogen-bond acceptors (Lipinski definition) is 3. The Kier molecular flexibility index (Phi) is 7.36. The second kappa shape index (κ2) is 9.75. The van der Waals surface area contributed by atoms with E-state index in [0.29, 0.717) is 5.41 Å². The molecule has 0 bridgehead atoms. The van der Waals surface area contributed by atoms with Crippen molar-refractivity contribution in [2.45, 2.75) is 52.6 Å². The Balaban J connectivity index is 1.70. The van der Waals surface area contributed by atoms with Crippen molar-refractivity contribution < 1.29 is 9.47 Å². The van der Waals surface area contributed by atoms with E-state index in [2.05, 4.69) is 49.2 Å². The molecule has 0 aromatic heterocycles. The zero-order chi connectivity index (χ0) is 20.0. The minimum absolute atomic E-state index is 0.101. The van der Waals surface area contributed by atoms with Gasteiger partial charge in [0.1, 0.15) is 6.10 Å². The van der Waals surface area contributed by atoms with Gasteiger partial charge in [-0.05, 0) is 56.6 Å². The van der Waals surface area contributed by atoms with E-state index in [1.165, 1.54) is 36.0 Å². The van der Waals surface area contributed by atoms with E-state index in [0.717, 1.165) is 51.8 Å². The van der Waals surface area contributed by atoms with Crippen LogP contribution in [0.15, 0.2) is 23.2 Å². The van der Waals surface area contributed by atoms with Crippen LogP contribution in [0.5, 0.6) is 0 Å². The molecule has 1 heterocycles. The fourth-order valence-electron chi connectivity index (χ4n) is 4.37. The third-order valence-corrected chi connectivity index (χ3v) is 6.29. The summed E-state index contributed by atoms with van der Waals surface area (Å²) >= 11 is 0. The zero-order valence-corrected chi connectivity index (χ0v) is 18.1. The summed E-state index contributed by atoms with van der Waals surface area (Å²) in [5.74, 6) is 1.03. The van der Waals surface area contributed by atoms with Crippen molar-refractivity contribution in [1.29, 1.82) is 0 Å². The highest BCUT2D eigenvalue weighted by Crippen LogP contribution is 2.44. The topological polar surface area (TPSA) is 46.1 Å². The van der Waals surface area contributed by atoms with Gasteiger partial charge in [0.25, 0.3) is 0 Å². The molecule has 1 aliphatic carbocycles. The van der Waals surface area contributed by atoms with Crippen LogP contribution in [0.3, 0.4) is 0 Å². The quantitative estimate of drug-likeness (QED) is 0.570. The molecule has 1 saturated carbocycles. The zero-order valence-electron chi connectivity index (χ0n) is 18.1. The summed E-state index contributed by atoms with van der Waals surface area (Å²) in [6.07, 6.45) is 5.08. The van der Waals surface area contributed by atoms with Gasteiger partial charge in [-0.25, -0.2) is 0 Å². The van der Waals surface area contributed by atoms with Gasteiger partial charge in [0.2, 0.25) is 0 Å². The molecule has 1 atom stereocenters. The Hall–Kier alpha value is -1.59. The van der Waals surface area contributed by atoms with Crippen LogP contribution in [0.2, 0.25) is 0 Å². The third kappa shape index (κ3) is 5.06. The van der Waals surface area contributed by atoms with Crippen molar-refractivity contribution in [3.8, 4) is 0 Å². The number of nitrogens with zero attached hydrogens (tertiary/aromatic N) is 2. The molecule has 5 nitrogen and oxygen atoms in total. The van der Waals surface area contributed by atoms with Crippen LogP contribution in [0.25, 0.3) is 0 Å². The molecule has 0 amide bonds. The van der Waals surface area contributed by atoms with Crippen molar-refractivity contribution in [2.24, 2.45) is 10.4 Å². The minimum Gasteiger partial charge on any atom is -0.385 e. The highest BCUT2D eigenvalue weighted by molar-refractivity contribution is 5.80. The van der Waals surface area contributed by atoms with E-state index in [1.807, 2.05) is 0 Å². The average molecular weight is 388 g/mol. The van der Waals surface area contributed by atoms with Crippen LogP contribution < -0.4 is 5.32 Å². The Morgan fingerprint density at radius 2 is 2.18 bits per heavy atom. The smallest absolute Gasteiger partial charge is 0.194 e. The molecule has 0 radical (unpaired) electrons. The van der Waals surface area contributed by atoms with Crippen LogP contribution >= 0.6 is 0 Å². The lowest BCUT2D eigenvalue weighted by Gasteiger charge is -2.41. The molecule has 1 unspecified atom stereocenters. The van der Waals surface area contributed by atoms with Gasteiger partial charge >= 0.3 is 0 Å². The Morgan fingerprint density at radius 1 is 1.36 bits per heavy atom. The van der Waals surface area contributed by atoms with Crippen molar-refractivity contribution in [3.63, 3.8) is 0 Å². The highest BCUT2D eigenvalue weighted by Gasteiger charge is 2.36. The lowest BCUT2D eigenvalue weighted by atomic mass is 9.67. The minimum atomic E-state index is 0.101. The lowest BCUT2D eigenvalue weighted by Crippen LogP contribution is -2.49. The molecule has 156 valence electrons. The molecule has 2 fully saturated rings. The van der Waals surface area contributed by atoms with Gasteiger partial charge in [0, 0.05) is 33.4 Å². The fourth-order valence-corrected chi connectivity index (χ4v) is 4.37. The predicted octanol–water partition coefficient (Wildman–Crippen LogP) is 3.85. The maximum Gasteiger partial charge on any atom is 0.194 e. The number of nitrogens with one attached hydrogen (secondary N) is 1. The Morgan fingerprint density at radius 3 is 2.82 bits per heavy atom. The summed E-state index contributed by atoms with van der Waals surface area (Å²) in [4.78, 5) is 7.44. The second-order valence-electron chi connectivity index (χ2n) is 8.43. The molecule has 28 heavy (non-hydrogen) atoms. The summed E-state index contributed by atoms with van der Waals surface area (Å²) in [7, 11) is 1.79. The van der Waals surface area contributed by atoms with Crippen molar-refractivity contribution in [3.05, 3.63) is 34.9 Å². The molecule has 1 aromatic carbocycles. The van der Waals surface area contributed by atoms with E-state index >= 15 is 0 Å². The first-order chi connectivity index (χ1) is 13.6. The second-order valence-corrected chi connectivity index (χ2v) is 8.43. The molecule has 1 aliphatic heterocycles. The van der Waals surface area contributed by atoms with Crippen LogP contribution in [0, 0.1) is 19.3 Å². The monoisotopic (exact) mass is 387 g/mol. The summed E-state index contributed by atoms with van der Waals surface area (Å²) in [6, 6.07) is 6.64. The summed E-state index contributed by atoms with van der Waals surface area (Å²) < 4.78 is 11.5. The third-order valence-electron chi connectivity index (χ3n) is 6.29. The number of hydrogen-bond donors (Lipinski definition) is 1. The van der Waals surface area contributed by atoms with Gasteiger partial charge in [0.05, 0.1) is 13.2 Å². The summed E-state index contributed by atoms with van der Waals surface area (Å²) in [5, 5.41) is 3.51. The molecule has 1 N–H and O–H groups in total. The summed E-state index contributed by atoms with van der Waals surface area (Å²) in [5.41, 5.74) is 4.24. The normalized spacial score (nSPS) is 22.1. The first-order valence-electron chi connectivity index (χ1n) is 10.8. The van der Waals surface area contributed by atoms with Crippen molar-refractivity contribution >= 4 is 5.96 Å². The van der Waals surface area contributed by atoms with Crippen molar-refractivity contribution in [1.82, 2.24) is 10.2 Å². The van der Waals surface area contributed by atoms with E-state index in [4.69, 9.17) is 14.5 Å². The molecular weight excluding hydrogens is 350 g/mol. The number of benzene rings is 1. The maximum absolute atomic E-state index is 6.13. The molecule has 0 spiro atoms. The fraction of sp³-hybridized carbons (Fsp3) is 0.696. The molecule has 1 aromatic rings. The van der Waals surface area contributed by atoms with Crippen LogP contribution in [-0.2, 0) is 9.47 Å². The SMILES string of the molecule is CCNC(=NCC1(CCOC)CCC1)N1CCOC(c2ccc(C)cc2C)C1. The Labute approximate surface area is 170 Å². The van der Waals surface area contributed by atoms with Crippen LogP contribution in [0.1, 0.15) is 55.4 Å². The first kappa shape index (κ1) is 21.1. The van der Waals surface area contributed by atoms with Gasteiger partial charge < -0.3 is 19.7 Å². The number of methoxy groups -OCH3 is 1. The number of guanidine groups is 1. The number of rotatable bonds is 7. The summed E-state index contributed by atoms with van der Waals surface area (Å²) in [6.45, 7) is 11.5. The van der Waals surface area contributed by atoms with Gasteiger partial charge in [-0.2, -0.15) is 0 Å². The molecular formula is C23H37N3O2. The van der Waals surface area contributed by atoms with Gasteiger partial charge in [-0.1, -0.05) is 30.2 Å². The van der Waals surface area contributed by atoms with E-state index in [-0.39, 0.29) is 6.10 Å². The molecule has 5 heteroatoms. The van der Waals surface area contributed by atoms with E-state index in [9.17, 15) is 0 Å². The van der Waals surface area contributed by atoms with Gasteiger partial charge in [0.15, 0.2) is 5.96 Å². The lowest BCUT2D eigenvalue weighted by molar-refractivity contribution is -0.00854. The number of aliphatic imine (C=N–C) groups is 1. The van der Waals surface area contributed by atoms with Crippen LogP contribution in [-0.4, -0.2) is 57.4 Å². The van der Waals surface area contributed by atoms with Gasteiger partial charge in [-0.15, -0.1) is 0 Å². The standard InChI is InChI=1S/C23H37N3O2/c1-5-24-22(25-17-23(9-6-10-23)11-13-27-4)26-12-14-28-21(16-26)20-8-7-18(2)15-19(20)3/h7-8,15,21H,5-6,9-14,16-17H2,1-4H3,(H,24,25). The average Bonchev–Trinajstić information content (AvgIpc) is 2.66. The maximum atomic E-state index is 6.13. The number of morpholine rings is 1. The first-order valence-corrected chi connectivity index (χ1v) is 10.8. The van der Waals surface area contributed by atoms with E-state index < -0.39 is 0 Å². The van der Waals surface area contributed by atoms with Gasteiger partial charge in [-0.3, -0.25) is 4.99 Å². The molecule has 2 aliphatic rings. The van der Waals surface area contributed by atoms with Crippen LogP contribution in [0.4, 0.5) is 0 Å². The molecule has 1 saturated heterocycles. The highest BCUT2D eigenvalue weighted by atomic mass is 16.5. The number of aryl methyl sites for hydroxylation is 2. The van der Waals surface area contributed by atoms with E-state index in [1.54, 1.807) is 7.11 Å². The Bertz CT molecular complexity index is 670. The number of ether oxygens (including phenoxy) is 2. The molecule has 3 rings (SSSR count). The predicted molar refractivity (Wildman–Crippen MR) is 115 cm³/mol.